The van der Waals surface area contributed by atoms with Gasteiger partial charge in [0.2, 0.25) is 0 Å². The Morgan fingerprint density at radius 3 is 2.35 bits per heavy atom. The predicted molar refractivity (Wildman–Crippen MR) is 110 cm³/mol. The van der Waals surface area contributed by atoms with Crippen molar-refractivity contribution in [2.45, 2.75) is 64.5 Å². The smallest absolute Gasteiger partial charge is 0.192 e. The molecule has 0 amide bonds. The van der Waals surface area contributed by atoms with Crippen LogP contribution >= 0.6 is 0 Å². The Balaban J connectivity index is 2.86. The van der Waals surface area contributed by atoms with Crippen LogP contribution in [-0.2, 0) is 13.9 Å². The summed E-state index contributed by atoms with van der Waals surface area (Å²) in [5.41, 5.74) is 1.96. The van der Waals surface area contributed by atoms with Crippen molar-refractivity contribution in [1.82, 2.24) is 0 Å². The molecule has 0 unspecified atom stereocenters. The number of rotatable bonds is 10. The van der Waals surface area contributed by atoms with Crippen LogP contribution in [0.4, 0.5) is 0 Å². The van der Waals surface area contributed by atoms with Gasteiger partial charge in [0.1, 0.15) is 6.79 Å². The zero-order chi connectivity index (χ0) is 19.8. The van der Waals surface area contributed by atoms with E-state index < -0.39 is 14.4 Å². The SMILES string of the molecule is COCO[C@H](C)/C=C(/CO[Si](C)(C)C(C)(C)C)C[C@H](O)c1ccccc1. The molecule has 0 aliphatic carbocycles. The molecule has 0 aliphatic rings. The van der Waals surface area contributed by atoms with Crippen molar-refractivity contribution in [1.29, 1.82) is 0 Å². The van der Waals surface area contributed by atoms with Crippen molar-refractivity contribution in [3.05, 3.63) is 47.5 Å². The maximum Gasteiger partial charge on any atom is 0.192 e. The maximum absolute atomic E-state index is 10.6. The van der Waals surface area contributed by atoms with E-state index in [4.69, 9.17) is 13.9 Å². The summed E-state index contributed by atoms with van der Waals surface area (Å²) in [5, 5.41) is 10.8. The highest BCUT2D eigenvalue weighted by atomic mass is 28.4. The standard InChI is InChI=1S/C21H36O4Si/c1-17(24-16-23-5)13-18(15-25-26(6,7)21(2,3)4)14-20(22)19-11-9-8-10-12-19/h8-13,17,20,22H,14-16H2,1-7H3/b18-13+/t17-,20+/m1/s1. The van der Waals surface area contributed by atoms with Crippen molar-refractivity contribution >= 4 is 8.32 Å². The Hall–Kier alpha value is -0.983. The fourth-order valence-corrected chi connectivity index (χ4v) is 3.24. The van der Waals surface area contributed by atoms with Crippen LogP contribution < -0.4 is 0 Å². The first-order valence-electron chi connectivity index (χ1n) is 9.24. The first kappa shape index (κ1) is 23.1. The lowest BCUT2D eigenvalue weighted by atomic mass is 10.0. The molecule has 0 spiro atoms. The van der Waals surface area contributed by atoms with E-state index in [0.717, 1.165) is 11.1 Å². The van der Waals surface area contributed by atoms with Gasteiger partial charge in [0.25, 0.3) is 0 Å². The van der Waals surface area contributed by atoms with Gasteiger partial charge in [-0.1, -0.05) is 57.2 Å². The molecule has 1 aromatic carbocycles. The van der Waals surface area contributed by atoms with Crippen LogP contribution in [0.3, 0.4) is 0 Å². The summed E-state index contributed by atoms with van der Waals surface area (Å²) in [5.74, 6) is 0. The Labute approximate surface area is 160 Å². The molecule has 0 aromatic heterocycles. The summed E-state index contributed by atoms with van der Waals surface area (Å²) in [6.07, 6.45) is 1.91. The minimum Gasteiger partial charge on any atom is -0.413 e. The molecule has 4 nitrogen and oxygen atoms in total. The molecule has 2 atom stereocenters. The zero-order valence-electron chi connectivity index (χ0n) is 17.4. The molecule has 0 saturated heterocycles. The van der Waals surface area contributed by atoms with E-state index in [1.807, 2.05) is 43.3 Å². The van der Waals surface area contributed by atoms with Gasteiger partial charge < -0.3 is 19.0 Å². The second kappa shape index (κ2) is 10.4. The molecule has 0 fully saturated rings. The summed E-state index contributed by atoms with van der Waals surface area (Å²) in [6, 6.07) is 9.73. The number of hydrogen-bond acceptors (Lipinski definition) is 4. The molecule has 1 N–H and O–H groups in total. The monoisotopic (exact) mass is 380 g/mol. The van der Waals surface area contributed by atoms with Gasteiger partial charge in [0.05, 0.1) is 18.8 Å². The summed E-state index contributed by atoms with van der Waals surface area (Å²) in [6.45, 7) is 13.9. The lowest BCUT2D eigenvalue weighted by Crippen LogP contribution is -2.41. The van der Waals surface area contributed by atoms with Crippen molar-refractivity contribution < 1.29 is 19.0 Å². The number of methoxy groups -OCH3 is 1. The number of hydrogen-bond donors (Lipinski definition) is 1. The summed E-state index contributed by atoms with van der Waals surface area (Å²) >= 11 is 0. The molecule has 0 radical (unpaired) electrons. The van der Waals surface area contributed by atoms with Crippen LogP contribution in [0, 0.1) is 0 Å². The molecule has 26 heavy (non-hydrogen) atoms. The van der Waals surface area contributed by atoms with Gasteiger partial charge in [-0.2, -0.15) is 0 Å². The lowest BCUT2D eigenvalue weighted by Gasteiger charge is -2.36. The number of benzene rings is 1. The quantitative estimate of drug-likeness (QED) is 0.350. The van der Waals surface area contributed by atoms with Crippen molar-refractivity contribution in [2.24, 2.45) is 0 Å². The van der Waals surface area contributed by atoms with E-state index in [0.29, 0.717) is 13.0 Å². The average molecular weight is 381 g/mol. The largest absolute Gasteiger partial charge is 0.413 e. The highest BCUT2D eigenvalue weighted by Gasteiger charge is 2.37. The van der Waals surface area contributed by atoms with Crippen LogP contribution in [0.25, 0.3) is 0 Å². The van der Waals surface area contributed by atoms with Crippen molar-refractivity contribution in [3.63, 3.8) is 0 Å². The number of aliphatic hydroxyl groups excluding tert-OH is 1. The molecule has 5 heteroatoms. The van der Waals surface area contributed by atoms with Crippen LogP contribution in [-0.4, -0.2) is 40.0 Å². The predicted octanol–water partition coefficient (Wildman–Crippen LogP) is 5.07. The Bertz CT molecular complexity index is 549. The van der Waals surface area contributed by atoms with Gasteiger partial charge in [-0.25, -0.2) is 0 Å². The third-order valence-corrected chi connectivity index (χ3v) is 9.46. The van der Waals surface area contributed by atoms with Gasteiger partial charge in [0, 0.05) is 13.5 Å². The van der Waals surface area contributed by atoms with E-state index >= 15 is 0 Å². The van der Waals surface area contributed by atoms with Gasteiger partial charge in [-0.05, 0) is 36.2 Å². The minimum absolute atomic E-state index is 0.101. The second-order valence-corrected chi connectivity index (χ2v) is 13.1. The highest BCUT2D eigenvalue weighted by Crippen LogP contribution is 2.37. The Morgan fingerprint density at radius 2 is 1.81 bits per heavy atom. The van der Waals surface area contributed by atoms with Crippen LogP contribution in [0.5, 0.6) is 0 Å². The fraction of sp³-hybridized carbons (Fsp3) is 0.619. The van der Waals surface area contributed by atoms with Crippen LogP contribution in [0.2, 0.25) is 18.1 Å². The number of ether oxygens (including phenoxy) is 2. The average Bonchev–Trinajstić information content (AvgIpc) is 2.57. The summed E-state index contributed by atoms with van der Waals surface area (Å²) < 4.78 is 16.9. The van der Waals surface area contributed by atoms with E-state index in [1.165, 1.54) is 0 Å². The minimum atomic E-state index is -1.86. The van der Waals surface area contributed by atoms with E-state index in [1.54, 1.807) is 7.11 Å². The first-order valence-corrected chi connectivity index (χ1v) is 12.1. The topological polar surface area (TPSA) is 47.9 Å². The summed E-state index contributed by atoms with van der Waals surface area (Å²) in [7, 11) is -0.254. The number of aliphatic hydroxyl groups is 1. The van der Waals surface area contributed by atoms with Gasteiger partial charge in [-0.3, -0.25) is 0 Å². The lowest BCUT2D eigenvalue weighted by molar-refractivity contribution is -0.0499. The molecular formula is C21H36O4Si. The van der Waals surface area contributed by atoms with Gasteiger partial charge >= 0.3 is 0 Å². The van der Waals surface area contributed by atoms with E-state index in [-0.39, 0.29) is 17.9 Å². The third-order valence-electron chi connectivity index (χ3n) is 4.98. The molecule has 0 aliphatic heterocycles. The molecule has 0 heterocycles. The Morgan fingerprint density at radius 1 is 1.19 bits per heavy atom. The maximum atomic E-state index is 10.6. The molecule has 0 saturated carbocycles. The van der Waals surface area contributed by atoms with Gasteiger partial charge in [-0.15, -0.1) is 0 Å². The van der Waals surface area contributed by atoms with Crippen molar-refractivity contribution in [2.75, 3.05) is 20.5 Å². The molecule has 1 rings (SSSR count). The zero-order valence-corrected chi connectivity index (χ0v) is 18.4. The third kappa shape index (κ3) is 7.72. The van der Waals surface area contributed by atoms with Crippen LogP contribution in [0.1, 0.15) is 45.8 Å². The normalized spacial score (nSPS) is 15.8. The van der Waals surface area contributed by atoms with E-state index in [2.05, 4.69) is 33.9 Å². The summed E-state index contributed by atoms with van der Waals surface area (Å²) in [4.78, 5) is 0. The molecule has 0 bridgehead atoms. The molecule has 148 valence electrons. The van der Waals surface area contributed by atoms with Gasteiger partial charge in [0.15, 0.2) is 8.32 Å². The fourth-order valence-electron chi connectivity index (χ4n) is 2.26. The first-order chi connectivity index (χ1) is 12.1. The van der Waals surface area contributed by atoms with E-state index in [9.17, 15) is 5.11 Å². The van der Waals surface area contributed by atoms with Crippen LogP contribution in [0.15, 0.2) is 42.0 Å². The Kier molecular flexibility index (Phi) is 9.20. The second-order valence-electron chi connectivity index (χ2n) is 8.28. The molecule has 1 aromatic rings. The van der Waals surface area contributed by atoms with Crippen molar-refractivity contribution in [3.8, 4) is 0 Å². The highest BCUT2D eigenvalue weighted by molar-refractivity contribution is 6.74. The molecular weight excluding hydrogens is 344 g/mol.